The zero-order chi connectivity index (χ0) is 16.8. The molecule has 0 aromatic rings. The quantitative estimate of drug-likeness (QED) is 0.574. The van der Waals surface area contributed by atoms with Crippen LogP contribution in [0.5, 0.6) is 0 Å². The Hall–Kier alpha value is -0.460. The normalized spacial score (nSPS) is 23.3. The lowest BCUT2D eigenvalue weighted by molar-refractivity contribution is -0.123. The molecule has 0 bridgehead atoms. The lowest BCUT2D eigenvalue weighted by Crippen LogP contribution is -2.28. The standard InChI is InChI=1S/C16H32N2O3S/c1-5-9-14-12-18(22(4,20)21)13-15(14)16(19)10-7-6-8-11-17(2)3/h14-15H,5-13H2,1-4H3/t14-,15?/m0/s1. The first-order chi connectivity index (χ1) is 10.3. The van der Waals surface area contributed by atoms with E-state index < -0.39 is 10.0 Å². The Morgan fingerprint density at radius 1 is 1.18 bits per heavy atom. The molecule has 1 rings (SSSR count). The molecule has 0 spiro atoms. The maximum absolute atomic E-state index is 12.5. The topological polar surface area (TPSA) is 57.7 Å². The van der Waals surface area contributed by atoms with Gasteiger partial charge in [-0.3, -0.25) is 4.79 Å². The summed E-state index contributed by atoms with van der Waals surface area (Å²) in [6.07, 6.45) is 6.85. The molecule has 0 radical (unpaired) electrons. The predicted octanol–water partition coefficient (Wildman–Crippen LogP) is 1.99. The zero-order valence-electron chi connectivity index (χ0n) is 14.5. The molecule has 0 N–H and O–H groups in total. The fourth-order valence-corrected chi connectivity index (χ4v) is 4.11. The average Bonchev–Trinajstić information content (AvgIpc) is 2.82. The van der Waals surface area contributed by atoms with Gasteiger partial charge in [-0.2, -0.15) is 0 Å². The van der Waals surface area contributed by atoms with E-state index >= 15 is 0 Å². The molecule has 1 unspecified atom stereocenters. The average molecular weight is 333 g/mol. The third-order valence-electron chi connectivity index (χ3n) is 4.48. The van der Waals surface area contributed by atoms with Gasteiger partial charge in [-0.15, -0.1) is 0 Å². The second-order valence-corrected chi connectivity index (χ2v) is 8.80. The Kier molecular flexibility index (Phi) is 8.00. The van der Waals surface area contributed by atoms with Crippen LogP contribution in [-0.2, 0) is 14.8 Å². The van der Waals surface area contributed by atoms with Crippen LogP contribution in [0.1, 0.15) is 45.4 Å². The van der Waals surface area contributed by atoms with Gasteiger partial charge in [0.1, 0.15) is 5.78 Å². The number of nitrogens with zero attached hydrogens (tertiary/aromatic N) is 2. The number of Topliss-reactive ketones (excluding diaryl/α,β-unsaturated/α-hetero) is 1. The van der Waals surface area contributed by atoms with Crippen molar-refractivity contribution in [2.75, 3.05) is 40.0 Å². The highest BCUT2D eigenvalue weighted by Crippen LogP contribution is 2.30. The monoisotopic (exact) mass is 332 g/mol. The van der Waals surface area contributed by atoms with Gasteiger partial charge in [0.25, 0.3) is 0 Å². The highest BCUT2D eigenvalue weighted by molar-refractivity contribution is 7.88. The van der Waals surface area contributed by atoms with Gasteiger partial charge in [-0.1, -0.05) is 19.8 Å². The first-order valence-corrected chi connectivity index (χ1v) is 10.2. The van der Waals surface area contributed by atoms with E-state index in [1.165, 1.54) is 10.6 Å². The molecule has 1 aliphatic heterocycles. The van der Waals surface area contributed by atoms with Crippen LogP contribution in [0, 0.1) is 11.8 Å². The van der Waals surface area contributed by atoms with Crippen LogP contribution in [-0.4, -0.2) is 63.4 Å². The fraction of sp³-hybridized carbons (Fsp3) is 0.938. The van der Waals surface area contributed by atoms with Crippen LogP contribution in [0.3, 0.4) is 0 Å². The Morgan fingerprint density at radius 3 is 2.41 bits per heavy atom. The maximum Gasteiger partial charge on any atom is 0.211 e. The molecule has 0 aliphatic carbocycles. The largest absolute Gasteiger partial charge is 0.309 e. The zero-order valence-corrected chi connectivity index (χ0v) is 15.4. The van der Waals surface area contributed by atoms with Crippen molar-refractivity contribution < 1.29 is 13.2 Å². The second kappa shape index (κ2) is 8.99. The number of ketones is 1. The van der Waals surface area contributed by atoms with Crippen molar-refractivity contribution in [1.82, 2.24) is 9.21 Å². The van der Waals surface area contributed by atoms with Gasteiger partial charge < -0.3 is 4.90 Å². The summed E-state index contributed by atoms with van der Waals surface area (Å²) in [5, 5.41) is 0. The van der Waals surface area contributed by atoms with E-state index in [1.807, 2.05) is 0 Å². The molecule has 6 heteroatoms. The van der Waals surface area contributed by atoms with Gasteiger partial charge in [0.15, 0.2) is 0 Å². The summed E-state index contributed by atoms with van der Waals surface area (Å²) in [7, 11) is 0.925. The molecule has 22 heavy (non-hydrogen) atoms. The van der Waals surface area contributed by atoms with Crippen LogP contribution in [0.15, 0.2) is 0 Å². The Morgan fingerprint density at radius 2 is 1.86 bits per heavy atom. The molecular formula is C16H32N2O3S. The molecule has 1 fully saturated rings. The van der Waals surface area contributed by atoms with Crippen molar-refractivity contribution in [3.63, 3.8) is 0 Å². The van der Waals surface area contributed by atoms with Crippen molar-refractivity contribution in [1.29, 1.82) is 0 Å². The summed E-state index contributed by atoms with van der Waals surface area (Å²) in [5.41, 5.74) is 0. The fourth-order valence-electron chi connectivity index (χ4n) is 3.22. The molecular weight excluding hydrogens is 300 g/mol. The van der Waals surface area contributed by atoms with E-state index in [-0.39, 0.29) is 17.6 Å². The third kappa shape index (κ3) is 6.34. The Balaban J connectivity index is 2.47. The van der Waals surface area contributed by atoms with E-state index in [9.17, 15) is 13.2 Å². The second-order valence-electron chi connectivity index (χ2n) is 6.82. The minimum absolute atomic E-state index is 0.0940. The Bertz CT molecular complexity index is 448. The van der Waals surface area contributed by atoms with Crippen LogP contribution in [0.2, 0.25) is 0 Å². The number of hydrogen-bond donors (Lipinski definition) is 0. The molecule has 0 amide bonds. The van der Waals surface area contributed by atoms with Gasteiger partial charge in [0, 0.05) is 25.4 Å². The van der Waals surface area contributed by atoms with Crippen molar-refractivity contribution in [3.05, 3.63) is 0 Å². The molecule has 0 aromatic heterocycles. The first-order valence-electron chi connectivity index (χ1n) is 8.38. The lowest BCUT2D eigenvalue weighted by atomic mass is 9.86. The molecule has 1 aliphatic rings. The summed E-state index contributed by atoms with van der Waals surface area (Å²) in [6.45, 7) is 4.05. The Labute approximate surface area is 136 Å². The SMILES string of the molecule is CCC[C@H]1CN(S(C)(=O)=O)CC1C(=O)CCCCCN(C)C. The van der Waals surface area contributed by atoms with Gasteiger partial charge in [-0.05, 0) is 45.8 Å². The number of carbonyl (C=O) groups excluding carboxylic acids is 1. The maximum atomic E-state index is 12.5. The minimum Gasteiger partial charge on any atom is -0.309 e. The molecule has 2 atom stereocenters. The van der Waals surface area contributed by atoms with Gasteiger partial charge in [0.2, 0.25) is 10.0 Å². The molecule has 1 saturated heterocycles. The van der Waals surface area contributed by atoms with E-state index in [1.54, 1.807) is 0 Å². The van der Waals surface area contributed by atoms with E-state index in [0.29, 0.717) is 19.5 Å². The number of carbonyl (C=O) groups is 1. The van der Waals surface area contributed by atoms with Crippen molar-refractivity contribution in [2.45, 2.75) is 45.4 Å². The summed E-state index contributed by atoms with van der Waals surface area (Å²) in [4.78, 5) is 14.6. The number of unbranched alkanes of at least 4 members (excludes halogenated alkanes) is 2. The molecule has 5 nitrogen and oxygen atoms in total. The minimum atomic E-state index is -3.18. The summed E-state index contributed by atoms with van der Waals surface area (Å²) < 4.78 is 24.9. The van der Waals surface area contributed by atoms with Crippen molar-refractivity contribution in [3.8, 4) is 0 Å². The van der Waals surface area contributed by atoms with E-state index in [0.717, 1.165) is 38.6 Å². The molecule has 0 aromatic carbocycles. The number of rotatable bonds is 10. The molecule has 130 valence electrons. The van der Waals surface area contributed by atoms with Crippen LogP contribution < -0.4 is 0 Å². The summed E-state index contributed by atoms with van der Waals surface area (Å²) in [5.74, 6) is 0.368. The molecule has 1 heterocycles. The molecule has 0 saturated carbocycles. The van der Waals surface area contributed by atoms with Crippen LogP contribution >= 0.6 is 0 Å². The van der Waals surface area contributed by atoms with Crippen LogP contribution in [0.25, 0.3) is 0 Å². The highest BCUT2D eigenvalue weighted by Gasteiger charge is 2.39. The van der Waals surface area contributed by atoms with Gasteiger partial charge in [-0.25, -0.2) is 12.7 Å². The van der Waals surface area contributed by atoms with Crippen molar-refractivity contribution in [2.24, 2.45) is 11.8 Å². The summed E-state index contributed by atoms with van der Waals surface area (Å²) in [6, 6.07) is 0. The van der Waals surface area contributed by atoms with Gasteiger partial charge >= 0.3 is 0 Å². The smallest absolute Gasteiger partial charge is 0.211 e. The predicted molar refractivity (Wildman–Crippen MR) is 90.3 cm³/mol. The van der Waals surface area contributed by atoms with Crippen molar-refractivity contribution >= 4 is 15.8 Å². The van der Waals surface area contributed by atoms with Gasteiger partial charge in [0.05, 0.1) is 6.26 Å². The third-order valence-corrected chi connectivity index (χ3v) is 5.71. The van der Waals surface area contributed by atoms with E-state index in [4.69, 9.17) is 0 Å². The lowest BCUT2D eigenvalue weighted by Gasteiger charge is -2.16. The van der Waals surface area contributed by atoms with E-state index in [2.05, 4.69) is 25.9 Å². The highest BCUT2D eigenvalue weighted by atomic mass is 32.2. The summed E-state index contributed by atoms with van der Waals surface area (Å²) >= 11 is 0. The number of sulfonamides is 1. The first kappa shape index (κ1) is 19.6. The van der Waals surface area contributed by atoms with Crippen LogP contribution in [0.4, 0.5) is 0 Å². The number of hydrogen-bond acceptors (Lipinski definition) is 4.